The van der Waals surface area contributed by atoms with E-state index in [1.165, 1.54) is 11.5 Å². The number of aryl methyl sites for hydroxylation is 1. The van der Waals surface area contributed by atoms with Crippen molar-refractivity contribution >= 4 is 28.0 Å². The highest BCUT2D eigenvalue weighted by Gasteiger charge is 1.99. The van der Waals surface area contributed by atoms with Crippen molar-refractivity contribution in [1.82, 2.24) is 14.3 Å². The highest BCUT2D eigenvalue weighted by Crippen LogP contribution is 2.10. The van der Waals surface area contributed by atoms with Crippen molar-refractivity contribution in [3.05, 3.63) is 22.4 Å². The number of hydrogen-bond acceptors (Lipinski definition) is 6. The summed E-state index contributed by atoms with van der Waals surface area (Å²) in [6.07, 6.45) is 2.77. The molecule has 0 amide bonds. The van der Waals surface area contributed by atoms with Gasteiger partial charge in [0.05, 0.1) is 5.01 Å². The molecule has 6 heteroatoms. The quantitative estimate of drug-likeness (QED) is 0.866. The van der Waals surface area contributed by atoms with Crippen molar-refractivity contribution in [3.63, 3.8) is 0 Å². The summed E-state index contributed by atoms with van der Waals surface area (Å²) < 4.78 is 4.09. The van der Waals surface area contributed by atoms with E-state index in [4.69, 9.17) is 0 Å². The Morgan fingerprint density at radius 1 is 1.50 bits per heavy atom. The van der Waals surface area contributed by atoms with Gasteiger partial charge in [-0.2, -0.15) is 4.37 Å². The number of nitrogens with zero attached hydrogens (tertiary/aromatic N) is 3. The summed E-state index contributed by atoms with van der Waals surface area (Å²) in [6, 6.07) is 0. The van der Waals surface area contributed by atoms with Crippen LogP contribution in [-0.4, -0.2) is 20.9 Å². The molecule has 0 saturated carbocycles. The lowest BCUT2D eigenvalue weighted by Crippen LogP contribution is -2.04. The van der Waals surface area contributed by atoms with Crippen molar-refractivity contribution in [2.75, 3.05) is 11.9 Å². The van der Waals surface area contributed by atoms with Crippen molar-refractivity contribution in [2.45, 2.75) is 13.3 Å². The van der Waals surface area contributed by atoms with Gasteiger partial charge in [-0.15, -0.1) is 11.3 Å². The van der Waals surface area contributed by atoms with Crippen LogP contribution in [-0.2, 0) is 6.42 Å². The molecule has 0 unspecified atom stereocenters. The van der Waals surface area contributed by atoms with E-state index in [9.17, 15) is 0 Å². The van der Waals surface area contributed by atoms with Gasteiger partial charge in [0.15, 0.2) is 0 Å². The van der Waals surface area contributed by atoms with Crippen molar-refractivity contribution in [3.8, 4) is 0 Å². The Morgan fingerprint density at radius 3 is 3.07 bits per heavy atom. The molecule has 1 N–H and O–H groups in total. The summed E-state index contributed by atoms with van der Waals surface area (Å²) in [4.78, 5) is 8.41. The smallest absolute Gasteiger partial charge is 0.202 e. The molecule has 0 atom stereocenters. The lowest BCUT2D eigenvalue weighted by atomic mass is 10.4. The van der Waals surface area contributed by atoms with Gasteiger partial charge in [-0.05, 0) is 6.92 Å². The maximum Gasteiger partial charge on any atom is 0.202 e. The lowest BCUT2D eigenvalue weighted by Gasteiger charge is -1.98. The number of thiazole rings is 1. The SMILES string of the molecule is Cc1nsc(NCCc2nccs2)n1. The number of anilines is 1. The largest absolute Gasteiger partial charge is 0.360 e. The van der Waals surface area contributed by atoms with Crippen LogP contribution < -0.4 is 5.32 Å². The first-order chi connectivity index (χ1) is 6.84. The second kappa shape index (κ2) is 4.47. The van der Waals surface area contributed by atoms with Gasteiger partial charge >= 0.3 is 0 Å². The minimum atomic E-state index is 0.826. The average molecular weight is 226 g/mol. The van der Waals surface area contributed by atoms with E-state index in [-0.39, 0.29) is 0 Å². The summed E-state index contributed by atoms with van der Waals surface area (Å²) in [6.45, 7) is 2.75. The molecule has 2 heterocycles. The Labute approximate surface area is 90.2 Å². The first kappa shape index (κ1) is 9.54. The molecule has 2 aromatic rings. The maximum atomic E-state index is 4.21. The number of rotatable bonds is 4. The second-order valence-electron chi connectivity index (χ2n) is 2.75. The normalized spacial score (nSPS) is 10.4. The van der Waals surface area contributed by atoms with Crippen LogP contribution in [0.4, 0.5) is 5.13 Å². The Morgan fingerprint density at radius 2 is 2.43 bits per heavy atom. The zero-order valence-electron chi connectivity index (χ0n) is 7.73. The fraction of sp³-hybridized carbons (Fsp3) is 0.375. The number of hydrogen-bond donors (Lipinski definition) is 1. The van der Waals surface area contributed by atoms with E-state index in [1.54, 1.807) is 11.3 Å². The molecule has 4 nitrogen and oxygen atoms in total. The summed E-state index contributed by atoms with van der Waals surface area (Å²) in [5, 5.41) is 7.25. The molecule has 0 radical (unpaired) electrons. The second-order valence-corrected chi connectivity index (χ2v) is 4.48. The van der Waals surface area contributed by atoms with Gasteiger partial charge in [-0.3, -0.25) is 0 Å². The van der Waals surface area contributed by atoms with E-state index in [1.807, 2.05) is 18.5 Å². The Hall–Kier alpha value is -1.01. The number of aromatic nitrogens is 3. The summed E-state index contributed by atoms with van der Waals surface area (Å²) in [5.41, 5.74) is 0. The predicted octanol–water partition coefficient (Wildman–Crippen LogP) is 1.96. The van der Waals surface area contributed by atoms with Crippen LogP contribution in [0.2, 0.25) is 0 Å². The van der Waals surface area contributed by atoms with E-state index >= 15 is 0 Å². The van der Waals surface area contributed by atoms with E-state index in [0.717, 1.165) is 28.9 Å². The van der Waals surface area contributed by atoms with Crippen LogP contribution in [0, 0.1) is 6.92 Å². The zero-order valence-corrected chi connectivity index (χ0v) is 9.36. The third-order valence-corrected chi connectivity index (χ3v) is 3.23. The Balaban J connectivity index is 1.78. The van der Waals surface area contributed by atoms with Crippen LogP contribution in [0.5, 0.6) is 0 Å². The topological polar surface area (TPSA) is 50.7 Å². The molecule has 0 saturated heterocycles. The summed E-state index contributed by atoms with van der Waals surface area (Å²) >= 11 is 3.08. The van der Waals surface area contributed by atoms with Crippen LogP contribution in [0.15, 0.2) is 11.6 Å². The van der Waals surface area contributed by atoms with Gasteiger partial charge in [0.2, 0.25) is 5.13 Å². The van der Waals surface area contributed by atoms with Gasteiger partial charge in [0, 0.05) is 36.1 Å². The van der Waals surface area contributed by atoms with Gasteiger partial charge in [0.1, 0.15) is 5.82 Å². The first-order valence-corrected chi connectivity index (χ1v) is 5.92. The van der Waals surface area contributed by atoms with Crippen LogP contribution in [0.25, 0.3) is 0 Å². The highest BCUT2D eigenvalue weighted by atomic mass is 32.1. The van der Waals surface area contributed by atoms with Crippen molar-refractivity contribution in [1.29, 1.82) is 0 Å². The molecule has 74 valence electrons. The molecule has 14 heavy (non-hydrogen) atoms. The molecule has 2 rings (SSSR count). The molecule has 0 aliphatic heterocycles. The summed E-state index contributed by atoms with van der Waals surface area (Å²) in [7, 11) is 0. The summed E-state index contributed by atoms with van der Waals surface area (Å²) in [5.74, 6) is 0.826. The Kier molecular flexibility index (Phi) is 3.05. The van der Waals surface area contributed by atoms with Crippen molar-refractivity contribution in [2.24, 2.45) is 0 Å². The fourth-order valence-corrected chi connectivity index (χ4v) is 2.24. The fourth-order valence-electron chi connectivity index (χ4n) is 1.02. The highest BCUT2D eigenvalue weighted by molar-refractivity contribution is 7.09. The molecule has 0 spiro atoms. The molecule has 0 aromatic carbocycles. The van der Waals surface area contributed by atoms with Crippen LogP contribution in [0.1, 0.15) is 10.8 Å². The standard InChI is InChI=1S/C8H10N4S2/c1-6-11-8(14-12-6)10-3-2-7-9-4-5-13-7/h4-5H,2-3H2,1H3,(H,10,11,12). The van der Waals surface area contributed by atoms with E-state index in [2.05, 4.69) is 19.7 Å². The lowest BCUT2D eigenvalue weighted by molar-refractivity contribution is 0.991. The van der Waals surface area contributed by atoms with Gasteiger partial charge in [0.25, 0.3) is 0 Å². The minimum Gasteiger partial charge on any atom is -0.360 e. The number of nitrogens with one attached hydrogen (secondary N) is 1. The third kappa shape index (κ3) is 2.49. The molecule has 0 aliphatic rings. The Bertz CT molecular complexity index is 382. The molecular formula is C8H10N4S2. The molecule has 0 fully saturated rings. The predicted molar refractivity (Wildman–Crippen MR) is 59.0 cm³/mol. The van der Waals surface area contributed by atoms with E-state index < -0.39 is 0 Å². The van der Waals surface area contributed by atoms with Crippen molar-refractivity contribution < 1.29 is 0 Å². The van der Waals surface area contributed by atoms with Gasteiger partial charge in [-0.25, -0.2) is 9.97 Å². The maximum absolute atomic E-state index is 4.21. The first-order valence-electron chi connectivity index (χ1n) is 4.27. The average Bonchev–Trinajstić information content (AvgIpc) is 2.77. The molecular weight excluding hydrogens is 216 g/mol. The monoisotopic (exact) mass is 226 g/mol. The molecule has 0 bridgehead atoms. The van der Waals surface area contributed by atoms with Crippen LogP contribution >= 0.6 is 22.9 Å². The third-order valence-electron chi connectivity index (χ3n) is 1.63. The molecule has 2 aromatic heterocycles. The van der Waals surface area contributed by atoms with Crippen LogP contribution in [0.3, 0.4) is 0 Å². The van der Waals surface area contributed by atoms with Gasteiger partial charge in [-0.1, -0.05) is 0 Å². The van der Waals surface area contributed by atoms with E-state index in [0.29, 0.717) is 0 Å². The minimum absolute atomic E-state index is 0.826. The zero-order chi connectivity index (χ0) is 9.80. The molecule has 0 aliphatic carbocycles. The van der Waals surface area contributed by atoms with Gasteiger partial charge < -0.3 is 5.32 Å².